The summed E-state index contributed by atoms with van der Waals surface area (Å²) in [5.41, 5.74) is 3.49. The third-order valence-corrected chi connectivity index (χ3v) is 3.13. The van der Waals surface area contributed by atoms with Crippen LogP contribution in [-0.2, 0) is 0 Å². The maximum Gasteiger partial charge on any atom is 0.230 e. The number of thiazole rings is 1. The van der Waals surface area contributed by atoms with E-state index in [-0.39, 0.29) is 5.78 Å². The SMILES string of the molecule is O=C(c1cscn1)c1ccnn1-c1ccccc1. The molecule has 2 heterocycles. The molecular formula is C13H9N3OS. The van der Waals surface area contributed by atoms with Gasteiger partial charge in [-0.15, -0.1) is 11.3 Å². The van der Waals surface area contributed by atoms with Crippen LogP contribution in [0.5, 0.6) is 0 Å². The molecule has 0 saturated heterocycles. The van der Waals surface area contributed by atoms with Crippen LogP contribution in [0.3, 0.4) is 0 Å². The number of hydrogen-bond donors (Lipinski definition) is 0. The third-order valence-electron chi connectivity index (χ3n) is 2.54. The quantitative estimate of drug-likeness (QED) is 0.676. The molecule has 88 valence electrons. The second kappa shape index (κ2) is 4.54. The average molecular weight is 255 g/mol. The highest BCUT2D eigenvalue weighted by atomic mass is 32.1. The van der Waals surface area contributed by atoms with Crippen molar-refractivity contribution in [3.63, 3.8) is 0 Å². The van der Waals surface area contributed by atoms with Gasteiger partial charge in [-0.2, -0.15) is 5.10 Å². The first-order chi connectivity index (χ1) is 8.86. The number of benzene rings is 1. The average Bonchev–Trinajstić information content (AvgIpc) is 3.10. The van der Waals surface area contributed by atoms with E-state index in [2.05, 4.69) is 10.1 Å². The molecule has 0 unspecified atom stereocenters. The van der Waals surface area contributed by atoms with E-state index in [1.807, 2.05) is 30.3 Å². The summed E-state index contributed by atoms with van der Waals surface area (Å²) < 4.78 is 1.63. The summed E-state index contributed by atoms with van der Waals surface area (Å²) in [6.07, 6.45) is 1.62. The van der Waals surface area contributed by atoms with Crippen molar-refractivity contribution in [2.75, 3.05) is 0 Å². The summed E-state index contributed by atoms with van der Waals surface area (Å²) in [5, 5.41) is 5.93. The van der Waals surface area contributed by atoms with Crippen molar-refractivity contribution in [3.05, 3.63) is 64.9 Å². The van der Waals surface area contributed by atoms with Gasteiger partial charge in [0, 0.05) is 5.38 Å². The topological polar surface area (TPSA) is 47.8 Å². The van der Waals surface area contributed by atoms with Crippen molar-refractivity contribution in [2.24, 2.45) is 0 Å². The summed E-state index contributed by atoms with van der Waals surface area (Å²) in [5.74, 6) is -0.113. The van der Waals surface area contributed by atoms with Crippen molar-refractivity contribution < 1.29 is 4.79 Å². The lowest BCUT2D eigenvalue weighted by atomic mass is 10.2. The lowest BCUT2D eigenvalue weighted by Crippen LogP contribution is -2.10. The number of rotatable bonds is 3. The van der Waals surface area contributed by atoms with E-state index in [0.29, 0.717) is 11.4 Å². The van der Waals surface area contributed by atoms with Crippen LogP contribution in [0.25, 0.3) is 5.69 Å². The van der Waals surface area contributed by atoms with Gasteiger partial charge in [0.2, 0.25) is 5.78 Å². The van der Waals surface area contributed by atoms with Gasteiger partial charge >= 0.3 is 0 Å². The van der Waals surface area contributed by atoms with Crippen molar-refractivity contribution in [3.8, 4) is 5.69 Å². The number of carbonyl (C=O) groups is 1. The van der Waals surface area contributed by atoms with Crippen LogP contribution in [0.15, 0.2) is 53.5 Å². The monoisotopic (exact) mass is 255 g/mol. The van der Waals surface area contributed by atoms with Crippen molar-refractivity contribution in [2.45, 2.75) is 0 Å². The summed E-state index contributed by atoms with van der Waals surface area (Å²) in [7, 11) is 0. The van der Waals surface area contributed by atoms with Crippen molar-refractivity contribution >= 4 is 17.1 Å². The Balaban J connectivity index is 2.05. The Morgan fingerprint density at radius 1 is 1.17 bits per heavy atom. The van der Waals surface area contributed by atoms with Crippen LogP contribution in [-0.4, -0.2) is 20.5 Å². The van der Waals surface area contributed by atoms with Crippen LogP contribution >= 0.6 is 11.3 Å². The number of carbonyl (C=O) groups excluding carboxylic acids is 1. The molecule has 5 heteroatoms. The van der Waals surface area contributed by atoms with E-state index in [4.69, 9.17) is 0 Å². The molecule has 0 fully saturated rings. The molecule has 0 saturated carbocycles. The standard InChI is InChI=1S/C13H9N3OS/c17-13(11-8-18-9-14-11)12-6-7-15-16(12)10-4-2-1-3-5-10/h1-9H. The molecule has 1 aromatic carbocycles. The Morgan fingerprint density at radius 3 is 2.72 bits per heavy atom. The van der Waals surface area contributed by atoms with Crippen LogP contribution < -0.4 is 0 Å². The molecule has 0 atom stereocenters. The number of nitrogens with zero attached hydrogens (tertiary/aromatic N) is 3. The molecule has 0 aliphatic rings. The van der Waals surface area contributed by atoms with Crippen molar-refractivity contribution in [1.29, 1.82) is 0 Å². The normalized spacial score (nSPS) is 10.4. The number of ketones is 1. The second-order valence-electron chi connectivity index (χ2n) is 3.67. The zero-order valence-electron chi connectivity index (χ0n) is 9.35. The largest absolute Gasteiger partial charge is 0.285 e. The fourth-order valence-electron chi connectivity index (χ4n) is 1.71. The Kier molecular flexibility index (Phi) is 2.74. The van der Waals surface area contributed by atoms with Gasteiger partial charge in [0.1, 0.15) is 11.4 Å². The minimum absolute atomic E-state index is 0.113. The molecule has 2 aromatic heterocycles. The maximum absolute atomic E-state index is 12.2. The summed E-state index contributed by atoms with van der Waals surface area (Å²) in [6.45, 7) is 0. The molecular weight excluding hydrogens is 246 g/mol. The van der Waals surface area contributed by atoms with E-state index >= 15 is 0 Å². The highest BCUT2D eigenvalue weighted by molar-refractivity contribution is 7.07. The summed E-state index contributed by atoms with van der Waals surface area (Å²) in [4.78, 5) is 16.3. The zero-order chi connectivity index (χ0) is 12.4. The van der Waals surface area contributed by atoms with Gasteiger partial charge in [-0.05, 0) is 18.2 Å². The van der Waals surface area contributed by atoms with Gasteiger partial charge in [-0.1, -0.05) is 18.2 Å². The third kappa shape index (κ3) is 1.84. The van der Waals surface area contributed by atoms with Crippen LogP contribution in [0, 0.1) is 0 Å². The zero-order valence-corrected chi connectivity index (χ0v) is 10.2. The molecule has 0 spiro atoms. The molecule has 0 bridgehead atoms. The lowest BCUT2D eigenvalue weighted by Gasteiger charge is -2.05. The van der Waals surface area contributed by atoms with Crippen molar-refractivity contribution in [1.82, 2.24) is 14.8 Å². The summed E-state index contributed by atoms with van der Waals surface area (Å²) in [6, 6.07) is 11.3. The molecule has 0 radical (unpaired) electrons. The molecule has 4 nitrogen and oxygen atoms in total. The molecule has 0 amide bonds. The molecule has 0 N–H and O–H groups in total. The van der Waals surface area contributed by atoms with E-state index in [1.165, 1.54) is 11.3 Å². The fourth-order valence-corrected chi connectivity index (χ4v) is 2.24. The predicted octanol–water partition coefficient (Wildman–Crippen LogP) is 2.56. The van der Waals surface area contributed by atoms with E-state index in [9.17, 15) is 4.79 Å². The first-order valence-corrected chi connectivity index (χ1v) is 6.33. The molecule has 18 heavy (non-hydrogen) atoms. The van der Waals surface area contributed by atoms with Gasteiger partial charge < -0.3 is 0 Å². The second-order valence-corrected chi connectivity index (χ2v) is 4.39. The van der Waals surface area contributed by atoms with Gasteiger partial charge in [-0.3, -0.25) is 4.79 Å². The lowest BCUT2D eigenvalue weighted by molar-refractivity contribution is 0.102. The Bertz CT molecular complexity index is 659. The van der Waals surface area contributed by atoms with Crippen LogP contribution in [0.1, 0.15) is 16.2 Å². The Morgan fingerprint density at radius 2 is 2.00 bits per heavy atom. The highest BCUT2D eigenvalue weighted by Gasteiger charge is 2.16. The fraction of sp³-hybridized carbons (Fsp3) is 0. The number of hydrogen-bond acceptors (Lipinski definition) is 4. The maximum atomic E-state index is 12.2. The van der Waals surface area contributed by atoms with E-state index < -0.39 is 0 Å². The summed E-state index contributed by atoms with van der Waals surface area (Å²) >= 11 is 1.41. The van der Waals surface area contributed by atoms with Gasteiger partial charge in [0.25, 0.3) is 0 Å². The minimum atomic E-state index is -0.113. The molecule has 3 rings (SSSR count). The predicted molar refractivity (Wildman–Crippen MR) is 69.1 cm³/mol. The highest BCUT2D eigenvalue weighted by Crippen LogP contribution is 2.14. The molecule has 3 aromatic rings. The van der Waals surface area contributed by atoms with E-state index in [1.54, 1.807) is 27.8 Å². The number of aromatic nitrogens is 3. The van der Waals surface area contributed by atoms with Crippen LogP contribution in [0.2, 0.25) is 0 Å². The molecule has 0 aliphatic heterocycles. The van der Waals surface area contributed by atoms with E-state index in [0.717, 1.165) is 5.69 Å². The minimum Gasteiger partial charge on any atom is -0.285 e. The molecule has 0 aliphatic carbocycles. The van der Waals surface area contributed by atoms with Crippen LogP contribution in [0.4, 0.5) is 0 Å². The van der Waals surface area contributed by atoms with Gasteiger partial charge in [0.05, 0.1) is 17.4 Å². The first-order valence-electron chi connectivity index (χ1n) is 5.38. The first kappa shape index (κ1) is 10.9. The smallest absolute Gasteiger partial charge is 0.230 e. The Hall–Kier alpha value is -2.27. The Labute approximate surface area is 108 Å². The van der Waals surface area contributed by atoms with Gasteiger partial charge in [0.15, 0.2) is 0 Å². The van der Waals surface area contributed by atoms with Gasteiger partial charge in [-0.25, -0.2) is 9.67 Å². The number of para-hydroxylation sites is 1.